The van der Waals surface area contributed by atoms with Gasteiger partial charge in [-0.15, -0.1) is 0 Å². The smallest absolute Gasteiger partial charge is 0.475 e. The zero-order valence-corrected chi connectivity index (χ0v) is 23.4. The van der Waals surface area contributed by atoms with Crippen LogP contribution in [0.25, 0.3) is 0 Å². The number of carbonyl (C=O) groups excluding carboxylic acids is 1. The lowest BCUT2D eigenvalue weighted by Crippen LogP contribution is -2.43. The Morgan fingerprint density at radius 2 is 1.50 bits per heavy atom. The van der Waals surface area contributed by atoms with Gasteiger partial charge in [-0.25, -0.2) is 13.2 Å². The number of hydrogen-bond donors (Lipinski definition) is 3. The zero-order valence-electron chi connectivity index (χ0n) is 22.6. The lowest BCUT2D eigenvalue weighted by molar-refractivity contribution is -0.192. The van der Waals surface area contributed by atoms with E-state index < -0.39 is 22.2 Å². The number of carboxylic acids is 1. The summed E-state index contributed by atoms with van der Waals surface area (Å²) in [5.41, 5.74) is 3.74. The maximum absolute atomic E-state index is 13.3. The molecular weight excluding hydrogens is 549 g/mol. The first-order valence-electron chi connectivity index (χ1n) is 13.1. The molecule has 3 N–H and O–H groups in total. The summed E-state index contributed by atoms with van der Waals surface area (Å²) in [6.45, 7) is 8.58. The molecule has 40 heavy (non-hydrogen) atoms. The van der Waals surface area contributed by atoms with E-state index in [0.29, 0.717) is 11.3 Å². The fourth-order valence-corrected chi connectivity index (χ4v) is 5.62. The minimum atomic E-state index is -5.08. The first kappa shape index (κ1) is 31.2. The van der Waals surface area contributed by atoms with Crippen LogP contribution in [0.3, 0.4) is 0 Å². The summed E-state index contributed by atoms with van der Waals surface area (Å²) >= 11 is 0. The van der Waals surface area contributed by atoms with E-state index in [-0.39, 0.29) is 10.8 Å². The number of nitrogens with one attached hydrogen (secondary N) is 2. The first-order chi connectivity index (χ1) is 18.8. The van der Waals surface area contributed by atoms with E-state index >= 15 is 0 Å². The Balaban J connectivity index is 0.000000559. The minimum Gasteiger partial charge on any atom is -0.475 e. The predicted molar refractivity (Wildman–Crippen MR) is 146 cm³/mol. The Morgan fingerprint density at radius 3 is 2.05 bits per heavy atom. The molecule has 0 saturated carbocycles. The fourth-order valence-electron chi connectivity index (χ4n) is 4.47. The number of amides is 1. The van der Waals surface area contributed by atoms with Crippen molar-refractivity contribution >= 4 is 33.3 Å². The van der Waals surface area contributed by atoms with Crippen molar-refractivity contribution in [3.8, 4) is 0 Å². The molecule has 4 rings (SSSR count). The van der Waals surface area contributed by atoms with Gasteiger partial charge in [0.2, 0.25) is 0 Å². The van der Waals surface area contributed by atoms with Crippen LogP contribution < -0.4 is 14.9 Å². The third kappa shape index (κ3) is 8.34. The molecule has 0 aliphatic carbocycles. The van der Waals surface area contributed by atoms with E-state index in [9.17, 15) is 26.4 Å². The van der Waals surface area contributed by atoms with Gasteiger partial charge < -0.3 is 20.2 Å². The van der Waals surface area contributed by atoms with E-state index in [4.69, 9.17) is 9.90 Å². The van der Waals surface area contributed by atoms with Crippen molar-refractivity contribution in [3.05, 3.63) is 53.1 Å². The number of aliphatic carboxylic acids is 1. The Hall–Kier alpha value is -3.32. The average molecular weight is 585 g/mol. The van der Waals surface area contributed by atoms with Gasteiger partial charge in [-0.2, -0.15) is 13.2 Å². The number of carboxylic acid groups (broad SMARTS) is 1. The Kier molecular flexibility index (Phi) is 10.4. The van der Waals surface area contributed by atoms with Crippen LogP contribution in [0.1, 0.15) is 47.2 Å². The van der Waals surface area contributed by atoms with Gasteiger partial charge in [0.15, 0.2) is 0 Å². The summed E-state index contributed by atoms with van der Waals surface area (Å²) in [6.07, 6.45) is -0.771. The molecule has 2 aliphatic rings. The number of halogens is 3. The second-order valence-electron chi connectivity index (χ2n) is 9.83. The molecule has 0 atom stereocenters. The highest BCUT2D eigenvalue weighted by molar-refractivity contribution is 7.92. The Bertz CT molecular complexity index is 1300. The van der Waals surface area contributed by atoms with Gasteiger partial charge in [-0.3, -0.25) is 9.52 Å². The van der Waals surface area contributed by atoms with Crippen molar-refractivity contribution in [1.29, 1.82) is 0 Å². The molecule has 2 aromatic carbocycles. The lowest BCUT2D eigenvalue weighted by Gasteiger charge is -2.31. The maximum atomic E-state index is 13.3. The molecule has 13 heteroatoms. The number of likely N-dealkylation sites (tertiary alicyclic amines) is 1. The van der Waals surface area contributed by atoms with Crippen LogP contribution in [-0.2, 0) is 14.8 Å². The standard InChI is InChI=1S/C25H34N4O3S.C2HF3O2/c1-19-7-9-22(17-20(19)2)33(31,32)27-23-18-21(25(30)29-13-5-3-4-6-14-29)8-10-24(23)28-15-11-26-12-16-28;3-2(4,5)1(6)7/h7-10,17-18,26-27H,3-6,11-16H2,1-2H3;(H,6,7). The Labute approximate surface area is 232 Å². The number of hydrogen-bond acceptors (Lipinski definition) is 6. The van der Waals surface area contributed by atoms with Crippen LogP contribution in [0.4, 0.5) is 24.5 Å². The predicted octanol–water partition coefficient (Wildman–Crippen LogP) is 4.16. The number of rotatable bonds is 5. The molecule has 0 unspecified atom stereocenters. The third-order valence-electron chi connectivity index (χ3n) is 6.87. The summed E-state index contributed by atoms with van der Waals surface area (Å²) in [5, 5.41) is 10.5. The number of anilines is 2. The molecule has 2 heterocycles. The highest BCUT2D eigenvalue weighted by Crippen LogP contribution is 2.31. The Morgan fingerprint density at radius 1 is 0.900 bits per heavy atom. The quantitative estimate of drug-likeness (QED) is 0.483. The van der Waals surface area contributed by atoms with Gasteiger partial charge in [-0.05, 0) is 68.1 Å². The summed E-state index contributed by atoms with van der Waals surface area (Å²) in [4.78, 5) is 26.4. The van der Waals surface area contributed by atoms with Crippen LogP contribution in [0.15, 0.2) is 41.3 Å². The normalized spacial score (nSPS) is 16.4. The number of alkyl halides is 3. The number of piperazine rings is 1. The number of sulfonamides is 1. The molecule has 2 aliphatic heterocycles. The minimum absolute atomic E-state index is 0.0320. The number of aryl methyl sites for hydroxylation is 2. The fraction of sp³-hybridized carbons (Fsp3) is 0.481. The SMILES string of the molecule is Cc1ccc(S(=O)(=O)Nc2cc(C(=O)N3CCCCCC3)ccc2N2CCNCC2)cc1C.O=C(O)C(F)(F)F. The lowest BCUT2D eigenvalue weighted by atomic mass is 10.1. The number of nitrogens with zero attached hydrogens (tertiary/aromatic N) is 2. The van der Waals surface area contributed by atoms with Crippen molar-refractivity contribution in [1.82, 2.24) is 10.2 Å². The second-order valence-corrected chi connectivity index (χ2v) is 11.5. The average Bonchev–Trinajstić information content (AvgIpc) is 3.19. The second kappa shape index (κ2) is 13.4. The van der Waals surface area contributed by atoms with E-state index in [0.717, 1.165) is 81.8 Å². The van der Waals surface area contributed by atoms with Crippen molar-refractivity contribution in [3.63, 3.8) is 0 Å². The largest absolute Gasteiger partial charge is 0.490 e. The van der Waals surface area contributed by atoms with Gasteiger partial charge in [0.1, 0.15) is 0 Å². The molecule has 0 bridgehead atoms. The maximum Gasteiger partial charge on any atom is 0.490 e. The van der Waals surface area contributed by atoms with Crippen molar-refractivity contribution in [2.45, 2.75) is 50.6 Å². The monoisotopic (exact) mass is 584 g/mol. The van der Waals surface area contributed by atoms with E-state index in [1.807, 2.05) is 36.9 Å². The topological polar surface area (TPSA) is 119 Å². The highest BCUT2D eigenvalue weighted by atomic mass is 32.2. The molecular formula is C27H35F3N4O5S. The van der Waals surface area contributed by atoms with Gasteiger partial charge in [-0.1, -0.05) is 18.9 Å². The molecule has 1 amide bonds. The van der Waals surface area contributed by atoms with Crippen molar-refractivity contribution in [2.75, 3.05) is 48.9 Å². The summed E-state index contributed by atoms with van der Waals surface area (Å²) < 4.78 is 61.1. The van der Waals surface area contributed by atoms with Crippen LogP contribution >= 0.6 is 0 Å². The zero-order chi connectivity index (χ0) is 29.5. The highest BCUT2D eigenvalue weighted by Gasteiger charge is 2.38. The molecule has 220 valence electrons. The summed E-state index contributed by atoms with van der Waals surface area (Å²) in [7, 11) is -3.80. The van der Waals surface area contributed by atoms with Crippen LogP contribution in [0, 0.1) is 13.8 Å². The molecule has 0 aromatic heterocycles. The first-order valence-corrected chi connectivity index (χ1v) is 14.6. The number of benzene rings is 2. The third-order valence-corrected chi connectivity index (χ3v) is 8.23. The van der Waals surface area contributed by atoms with Crippen LogP contribution in [0.5, 0.6) is 0 Å². The van der Waals surface area contributed by atoms with Gasteiger partial charge in [0, 0.05) is 44.8 Å². The van der Waals surface area contributed by atoms with Crippen LogP contribution in [-0.4, -0.2) is 75.7 Å². The van der Waals surface area contributed by atoms with Gasteiger partial charge in [0.05, 0.1) is 16.3 Å². The summed E-state index contributed by atoms with van der Waals surface area (Å²) in [5.74, 6) is -2.79. The van der Waals surface area contributed by atoms with Crippen molar-refractivity contribution < 1.29 is 36.3 Å². The molecule has 0 radical (unpaired) electrons. The van der Waals surface area contributed by atoms with Crippen LogP contribution in [0.2, 0.25) is 0 Å². The van der Waals surface area contributed by atoms with E-state index in [1.54, 1.807) is 18.2 Å². The van der Waals surface area contributed by atoms with E-state index in [2.05, 4.69) is 14.9 Å². The van der Waals surface area contributed by atoms with Gasteiger partial charge >= 0.3 is 12.1 Å². The molecule has 2 fully saturated rings. The summed E-state index contributed by atoms with van der Waals surface area (Å²) in [6, 6.07) is 10.6. The van der Waals surface area contributed by atoms with Crippen molar-refractivity contribution in [2.24, 2.45) is 0 Å². The van der Waals surface area contributed by atoms with Gasteiger partial charge in [0.25, 0.3) is 15.9 Å². The van der Waals surface area contributed by atoms with E-state index in [1.165, 1.54) is 0 Å². The molecule has 2 saturated heterocycles. The molecule has 2 aromatic rings. The molecule has 9 nitrogen and oxygen atoms in total. The molecule has 0 spiro atoms. The number of carbonyl (C=O) groups is 2.